The Hall–Kier alpha value is -3.58. The molecule has 0 spiro atoms. The van der Waals surface area contributed by atoms with Gasteiger partial charge in [-0.25, -0.2) is 11.1 Å². The summed E-state index contributed by atoms with van der Waals surface area (Å²) in [7, 11) is 0. The van der Waals surface area contributed by atoms with E-state index in [2.05, 4.69) is 127 Å². The first kappa shape index (κ1) is 22.6. The Morgan fingerprint density at radius 3 is 1.59 bits per heavy atom. The largest absolute Gasteiger partial charge is 0.218 e. The van der Waals surface area contributed by atoms with Gasteiger partial charge in [0.25, 0.3) is 0 Å². The minimum absolute atomic E-state index is 0. The summed E-state index contributed by atoms with van der Waals surface area (Å²) in [6.45, 7) is 0. The van der Waals surface area contributed by atoms with Crippen molar-refractivity contribution in [2.75, 3.05) is 0 Å². The zero-order chi connectivity index (χ0) is 23.6. The van der Waals surface area contributed by atoms with Crippen LogP contribution in [0, 0.1) is 12.1 Å². The van der Waals surface area contributed by atoms with Gasteiger partial charge in [0.2, 0.25) is 0 Å². The molecular formula is C36H20Y-2. The first-order valence-electron chi connectivity index (χ1n) is 12.4. The van der Waals surface area contributed by atoms with Gasteiger partial charge in [-0.3, -0.25) is 0 Å². The van der Waals surface area contributed by atoms with Crippen LogP contribution in [0.1, 0.15) is 0 Å². The first-order chi connectivity index (χ1) is 17.8. The molecule has 8 aromatic carbocycles. The second kappa shape index (κ2) is 8.77. The summed E-state index contributed by atoms with van der Waals surface area (Å²) in [6.07, 6.45) is 0. The fourth-order valence-electron chi connectivity index (χ4n) is 5.80. The molecule has 0 saturated heterocycles. The molecule has 0 N–H and O–H groups in total. The average Bonchev–Trinajstić information content (AvgIpc) is 2.93. The van der Waals surface area contributed by atoms with Crippen LogP contribution in [0.4, 0.5) is 0 Å². The Morgan fingerprint density at radius 1 is 0.324 bits per heavy atom. The smallest absolute Gasteiger partial charge is 0 e. The molecule has 0 aromatic heterocycles. The van der Waals surface area contributed by atoms with Crippen LogP contribution in [0.15, 0.2) is 121 Å². The number of benzene rings is 8. The molecule has 0 fully saturated rings. The van der Waals surface area contributed by atoms with Crippen molar-refractivity contribution in [3.05, 3.63) is 133 Å². The molecule has 0 amide bonds. The minimum Gasteiger partial charge on any atom is -0.218 e. The van der Waals surface area contributed by atoms with Gasteiger partial charge in [-0.05, 0) is 67.4 Å². The Balaban J connectivity index is 0.00000231. The summed E-state index contributed by atoms with van der Waals surface area (Å²) in [4.78, 5) is 0. The van der Waals surface area contributed by atoms with E-state index in [9.17, 15) is 0 Å². The van der Waals surface area contributed by atoms with Gasteiger partial charge < -0.3 is 0 Å². The normalized spacial score (nSPS) is 11.6. The van der Waals surface area contributed by atoms with Crippen LogP contribution in [0.25, 0.3) is 75.8 Å². The Labute approximate surface area is 240 Å². The molecule has 1 radical (unpaired) electrons. The molecule has 37 heavy (non-hydrogen) atoms. The maximum atomic E-state index is 3.56. The topological polar surface area (TPSA) is 0 Å². The van der Waals surface area contributed by atoms with E-state index in [0.29, 0.717) is 0 Å². The van der Waals surface area contributed by atoms with Crippen LogP contribution in [0.5, 0.6) is 0 Å². The van der Waals surface area contributed by atoms with E-state index >= 15 is 0 Å². The average molecular weight is 541 g/mol. The molecule has 0 saturated carbocycles. The molecular weight excluding hydrogens is 521 g/mol. The zero-order valence-electron chi connectivity index (χ0n) is 20.1. The molecule has 0 aliphatic rings. The molecule has 1 heteroatoms. The van der Waals surface area contributed by atoms with Crippen molar-refractivity contribution in [3.8, 4) is 11.1 Å². The molecule has 0 unspecified atom stereocenters. The minimum atomic E-state index is 0. The fourth-order valence-corrected chi connectivity index (χ4v) is 5.80. The third-order valence-electron chi connectivity index (χ3n) is 7.56. The van der Waals surface area contributed by atoms with E-state index in [1.54, 1.807) is 0 Å². The van der Waals surface area contributed by atoms with Gasteiger partial charge >= 0.3 is 0 Å². The monoisotopic (exact) mass is 541 g/mol. The quantitative estimate of drug-likeness (QED) is 0.110. The molecule has 8 rings (SSSR count). The molecule has 0 aliphatic heterocycles. The van der Waals surface area contributed by atoms with Crippen LogP contribution in [-0.2, 0) is 32.7 Å². The molecule has 169 valence electrons. The number of hydrogen-bond acceptors (Lipinski definition) is 0. The van der Waals surface area contributed by atoms with Gasteiger partial charge in [-0.1, -0.05) is 66.7 Å². The van der Waals surface area contributed by atoms with E-state index in [0.717, 1.165) is 11.1 Å². The SMILES string of the molecule is [Y].[c-]1ccc2cc3cc4cc5ccccc5cc4cc3cc2c1-c1[c-]ccc2c1ccc1ccccc12. The third kappa shape index (κ3) is 3.59. The van der Waals surface area contributed by atoms with Crippen molar-refractivity contribution in [2.24, 2.45) is 0 Å². The number of rotatable bonds is 1. The first-order valence-corrected chi connectivity index (χ1v) is 12.4. The van der Waals surface area contributed by atoms with Crippen LogP contribution in [0.3, 0.4) is 0 Å². The summed E-state index contributed by atoms with van der Waals surface area (Å²) < 4.78 is 0. The number of hydrogen-bond donors (Lipinski definition) is 0. The van der Waals surface area contributed by atoms with Gasteiger partial charge in [0, 0.05) is 32.7 Å². The van der Waals surface area contributed by atoms with Crippen LogP contribution in [0.2, 0.25) is 0 Å². The second-order valence-electron chi connectivity index (χ2n) is 9.64. The summed E-state index contributed by atoms with van der Waals surface area (Å²) in [5.74, 6) is 0. The van der Waals surface area contributed by atoms with Crippen molar-refractivity contribution in [3.63, 3.8) is 0 Å². The predicted octanol–water partition coefficient (Wildman–Crippen LogP) is 9.87. The third-order valence-corrected chi connectivity index (χ3v) is 7.56. The fraction of sp³-hybridized carbons (Fsp3) is 0. The van der Waals surface area contributed by atoms with Crippen molar-refractivity contribution in [2.45, 2.75) is 0 Å². The van der Waals surface area contributed by atoms with Crippen LogP contribution in [-0.4, -0.2) is 0 Å². The van der Waals surface area contributed by atoms with Gasteiger partial charge in [0.05, 0.1) is 0 Å². The predicted molar refractivity (Wildman–Crippen MR) is 155 cm³/mol. The summed E-state index contributed by atoms with van der Waals surface area (Å²) in [5.41, 5.74) is 2.21. The van der Waals surface area contributed by atoms with Crippen molar-refractivity contribution in [1.82, 2.24) is 0 Å². The molecule has 0 aliphatic carbocycles. The molecule has 8 aromatic rings. The van der Waals surface area contributed by atoms with Gasteiger partial charge in [-0.15, -0.1) is 39.7 Å². The van der Waals surface area contributed by atoms with Gasteiger partial charge in [0.1, 0.15) is 0 Å². The standard InChI is InChI=1S/C36H20.Y/c1-2-9-25-18-28-21-30-22-36-26(19-29(30)20-27(28)17-24(25)8-1)10-5-12-34(36)33-14-6-13-32-31-11-4-3-7-23(31)15-16-35(32)33;/h1-11,13,15-22H;/q-2;. The van der Waals surface area contributed by atoms with E-state index in [1.807, 2.05) is 6.07 Å². The van der Waals surface area contributed by atoms with Gasteiger partial charge in [0.15, 0.2) is 0 Å². The number of fused-ring (bicyclic) bond motifs is 7. The second-order valence-corrected chi connectivity index (χ2v) is 9.64. The maximum absolute atomic E-state index is 3.56. The van der Waals surface area contributed by atoms with Crippen LogP contribution < -0.4 is 0 Å². The Morgan fingerprint density at radius 2 is 0.865 bits per heavy atom. The Kier molecular flexibility index (Phi) is 5.36. The van der Waals surface area contributed by atoms with Crippen molar-refractivity contribution < 1.29 is 32.7 Å². The summed E-state index contributed by atoms with van der Waals surface area (Å²) >= 11 is 0. The molecule has 0 atom stereocenters. The molecule has 0 heterocycles. The zero-order valence-corrected chi connectivity index (χ0v) is 23.0. The summed E-state index contributed by atoms with van der Waals surface area (Å²) in [5, 5.41) is 15.0. The van der Waals surface area contributed by atoms with Crippen molar-refractivity contribution >= 4 is 64.6 Å². The van der Waals surface area contributed by atoms with E-state index < -0.39 is 0 Å². The molecule has 0 nitrogen and oxygen atoms in total. The summed E-state index contributed by atoms with van der Waals surface area (Å²) in [6, 6.07) is 51.1. The van der Waals surface area contributed by atoms with Gasteiger partial charge in [-0.2, -0.15) is 24.3 Å². The Bertz CT molecular complexity index is 2150. The van der Waals surface area contributed by atoms with E-state index in [4.69, 9.17) is 0 Å². The van der Waals surface area contributed by atoms with E-state index in [1.165, 1.54) is 64.6 Å². The van der Waals surface area contributed by atoms with E-state index in [-0.39, 0.29) is 32.7 Å². The van der Waals surface area contributed by atoms with Crippen LogP contribution >= 0.6 is 0 Å². The van der Waals surface area contributed by atoms with Crippen molar-refractivity contribution in [1.29, 1.82) is 0 Å². The maximum Gasteiger partial charge on any atom is 0 e. The molecule has 0 bridgehead atoms.